The van der Waals surface area contributed by atoms with Crippen LogP contribution in [0.2, 0.25) is 0 Å². The number of hydrogen-bond donors (Lipinski definition) is 1. The van der Waals surface area contributed by atoms with Crippen molar-refractivity contribution in [2.24, 2.45) is 5.73 Å². The van der Waals surface area contributed by atoms with Crippen LogP contribution in [0.5, 0.6) is 0 Å². The van der Waals surface area contributed by atoms with E-state index in [9.17, 15) is 0 Å². The summed E-state index contributed by atoms with van der Waals surface area (Å²) in [4.78, 5) is 4.42. The van der Waals surface area contributed by atoms with Crippen LogP contribution in [0.3, 0.4) is 0 Å². The predicted octanol–water partition coefficient (Wildman–Crippen LogP) is 3.90. The van der Waals surface area contributed by atoms with E-state index in [-0.39, 0.29) is 6.04 Å². The van der Waals surface area contributed by atoms with E-state index in [1.54, 1.807) is 0 Å². The minimum absolute atomic E-state index is 0.0397. The number of benzene rings is 1. The first kappa shape index (κ1) is 15.0. The van der Waals surface area contributed by atoms with Gasteiger partial charge in [0.25, 0.3) is 0 Å². The van der Waals surface area contributed by atoms with Crippen LogP contribution in [0, 0.1) is 3.57 Å². The average Bonchev–Trinajstić information content (AvgIpc) is 2.80. The van der Waals surface area contributed by atoms with Crippen molar-refractivity contribution in [1.29, 1.82) is 0 Å². The molecule has 0 saturated heterocycles. The molecule has 1 unspecified atom stereocenters. The number of halogens is 2. The van der Waals surface area contributed by atoms with Gasteiger partial charge in [-0.25, -0.2) is 4.98 Å². The van der Waals surface area contributed by atoms with Crippen molar-refractivity contribution in [3.63, 3.8) is 0 Å². The molecule has 1 heterocycles. The molecular weight excluding hydrogens is 417 g/mol. The van der Waals surface area contributed by atoms with Gasteiger partial charge in [0.1, 0.15) is 5.82 Å². The Morgan fingerprint density at radius 1 is 1.47 bits per heavy atom. The van der Waals surface area contributed by atoms with Gasteiger partial charge in [0.15, 0.2) is 0 Å². The summed E-state index contributed by atoms with van der Waals surface area (Å²) < 4.78 is 4.44. The maximum atomic E-state index is 6.33. The molecule has 0 amide bonds. The molecule has 1 atom stereocenters. The summed E-state index contributed by atoms with van der Waals surface area (Å²) >= 11 is 5.88. The van der Waals surface area contributed by atoms with E-state index < -0.39 is 0 Å². The summed E-state index contributed by atoms with van der Waals surface area (Å²) in [5.41, 5.74) is 7.47. The van der Waals surface area contributed by atoms with E-state index in [0.717, 1.165) is 35.2 Å². The highest BCUT2D eigenvalue weighted by Gasteiger charge is 2.14. The highest BCUT2D eigenvalue weighted by Crippen LogP contribution is 2.26. The molecule has 0 spiro atoms. The number of nitrogens with zero attached hydrogens (tertiary/aromatic N) is 2. The highest BCUT2D eigenvalue weighted by molar-refractivity contribution is 14.1. The van der Waals surface area contributed by atoms with Crippen LogP contribution < -0.4 is 5.73 Å². The molecule has 1 aromatic heterocycles. The molecule has 2 aromatic rings. The topological polar surface area (TPSA) is 43.8 Å². The van der Waals surface area contributed by atoms with E-state index >= 15 is 0 Å². The zero-order valence-electron chi connectivity index (χ0n) is 10.8. The first-order chi connectivity index (χ1) is 9.11. The molecular formula is C14H17BrIN3. The summed E-state index contributed by atoms with van der Waals surface area (Å²) in [7, 11) is 0. The van der Waals surface area contributed by atoms with Gasteiger partial charge in [0, 0.05) is 39.4 Å². The third-order valence-corrected chi connectivity index (χ3v) is 4.42. The molecule has 2 rings (SSSR count). The molecule has 0 radical (unpaired) electrons. The van der Waals surface area contributed by atoms with Gasteiger partial charge in [-0.1, -0.05) is 22.9 Å². The molecule has 0 saturated carbocycles. The maximum absolute atomic E-state index is 6.33. The summed E-state index contributed by atoms with van der Waals surface area (Å²) in [6.45, 7) is 3.16. The van der Waals surface area contributed by atoms with Crippen LogP contribution >= 0.6 is 38.5 Å². The lowest BCUT2D eigenvalue weighted by Crippen LogP contribution is -2.17. The molecule has 0 aliphatic carbocycles. The van der Waals surface area contributed by atoms with Crippen molar-refractivity contribution in [1.82, 2.24) is 9.55 Å². The largest absolute Gasteiger partial charge is 0.335 e. The molecule has 0 fully saturated rings. The maximum Gasteiger partial charge on any atom is 0.110 e. The Hall–Kier alpha value is -0.400. The van der Waals surface area contributed by atoms with E-state index in [4.69, 9.17) is 5.73 Å². The minimum atomic E-state index is -0.0397. The SMILES string of the molecule is CCCn1ccnc1CC(N)c1cc(I)ccc1Br. The zero-order chi connectivity index (χ0) is 13.8. The lowest BCUT2D eigenvalue weighted by atomic mass is 10.0. The first-order valence-corrected chi connectivity index (χ1v) is 8.19. The normalized spacial score (nSPS) is 12.6. The van der Waals surface area contributed by atoms with Crippen LogP contribution in [0.1, 0.15) is 30.8 Å². The van der Waals surface area contributed by atoms with Crippen molar-refractivity contribution < 1.29 is 0 Å². The molecule has 0 aliphatic heterocycles. The number of hydrogen-bond acceptors (Lipinski definition) is 2. The van der Waals surface area contributed by atoms with E-state index in [1.807, 2.05) is 12.4 Å². The molecule has 0 bridgehead atoms. The fraction of sp³-hybridized carbons (Fsp3) is 0.357. The second-order valence-corrected chi connectivity index (χ2v) is 6.61. The third-order valence-electron chi connectivity index (χ3n) is 3.03. The van der Waals surface area contributed by atoms with Crippen LogP contribution in [-0.4, -0.2) is 9.55 Å². The Balaban J connectivity index is 2.18. The summed E-state index contributed by atoms with van der Waals surface area (Å²) in [5.74, 6) is 1.06. The first-order valence-electron chi connectivity index (χ1n) is 6.32. The van der Waals surface area contributed by atoms with Crippen molar-refractivity contribution in [3.8, 4) is 0 Å². The molecule has 5 heteroatoms. The Bertz CT molecular complexity index is 553. The third kappa shape index (κ3) is 3.79. The van der Waals surface area contributed by atoms with Gasteiger partial charge in [0.05, 0.1) is 0 Å². The summed E-state index contributed by atoms with van der Waals surface area (Å²) in [6, 6.07) is 6.21. The van der Waals surface area contributed by atoms with Gasteiger partial charge < -0.3 is 10.3 Å². The number of aromatic nitrogens is 2. The quantitative estimate of drug-likeness (QED) is 0.726. The molecule has 1 aromatic carbocycles. The van der Waals surface area contributed by atoms with E-state index in [1.165, 1.54) is 3.57 Å². The highest BCUT2D eigenvalue weighted by atomic mass is 127. The van der Waals surface area contributed by atoms with Crippen LogP contribution in [-0.2, 0) is 13.0 Å². The van der Waals surface area contributed by atoms with Crippen molar-refractivity contribution in [2.75, 3.05) is 0 Å². The fourth-order valence-electron chi connectivity index (χ4n) is 2.08. The Labute approximate surface area is 135 Å². The summed E-state index contributed by atoms with van der Waals surface area (Å²) in [6.07, 6.45) is 5.73. The van der Waals surface area contributed by atoms with Crippen molar-refractivity contribution in [2.45, 2.75) is 32.4 Å². The molecule has 19 heavy (non-hydrogen) atoms. The second-order valence-electron chi connectivity index (χ2n) is 4.51. The molecule has 3 nitrogen and oxygen atoms in total. The Morgan fingerprint density at radius 2 is 2.26 bits per heavy atom. The van der Waals surface area contributed by atoms with E-state index in [2.05, 4.69) is 73.2 Å². The van der Waals surface area contributed by atoms with Crippen molar-refractivity contribution >= 4 is 38.5 Å². The number of imidazole rings is 1. The molecule has 102 valence electrons. The monoisotopic (exact) mass is 433 g/mol. The second kappa shape index (κ2) is 6.85. The smallest absolute Gasteiger partial charge is 0.110 e. The standard InChI is InChI=1S/C14H17BrIN3/c1-2-6-19-7-5-18-14(19)9-13(17)11-8-10(16)3-4-12(11)15/h3-5,7-8,13H,2,6,9,17H2,1H3. The van der Waals surface area contributed by atoms with Gasteiger partial charge in [-0.05, 0) is 52.8 Å². The van der Waals surface area contributed by atoms with Crippen LogP contribution in [0.25, 0.3) is 0 Å². The van der Waals surface area contributed by atoms with Gasteiger partial charge in [-0.2, -0.15) is 0 Å². The number of rotatable bonds is 5. The molecule has 0 aliphatic rings. The zero-order valence-corrected chi connectivity index (χ0v) is 14.6. The number of nitrogens with two attached hydrogens (primary N) is 1. The molecule has 2 N–H and O–H groups in total. The lowest BCUT2D eigenvalue weighted by molar-refractivity contribution is 0.598. The van der Waals surface area contributed by atoms with Crippen molar-refractivity contribution in [3.05, 3.63) is 50.0 Å². The summed E-state index contributed by atoms with van der Waals surface area (Å²) in [5, 5.41) is 0. The predicted molar refractivity (Wildman–Crippen MR) is 90.0 cm³/mol. The Kier molecular flexibility index (Phi) is 5.41. The van der Waals surface area contributed by atoms with Gasteiger partial charge in [-0.15, -0.1) is 0 Å². The van der Waals surface area contributed by atoms with E-state index in [0.29, 0.717) is 0 Å². The van der Waals surface area contributed by atoms with Crippen LogP contribution in [0.4, 0.5) is 0 Å². The van der Waals surface area contributed by atoms with Crippen LogP contribution in [0.15, 0.2) is 35.1 Å². The van der Waals surface area contributed by atoms with Gasteiger partial charge in [0.2, 0.25) is 0 Å². The minimum Gasteiger partial charge on any atom is -0.335 e. The number of aryl methyl sites for hydroxylation is 1. The Morgan fingerprint density at radius 3 is 3.00 bits per heavy atom. The van der Waals surface area contributed by atoms with Gasteiger partial charge >= 0.3 is 0 Å². The lowest BCUT2D eigenvalue weighted by Gasteiger charge is -2.15. The van der Waals surface area contributed by atoms with Gasteiger partial charge in [-0.3, -0.25) is 0 Å². The average molecular weight is 434 g/mol. The fourth-order valence-corrected chi connectivity index (χ4v) is 3.14.